The van der Waals surface area contributed by atoms with E-state index in [1.807, 2.05) is 6.07 Å². The van der Waals surface area contributed by atoms with Crippen LogP contribution in [-0.2, 0) is 14.3 Å². The lowest BCUT2D eigenvalue weighted by molar-refractivity contribution is -0.119. The van der Waals surface area contributed by atoms with Crippen LogP contribution >= 0.6 is 0 Å². The predicted octanol–water partition coefficient (Wildman–Crippen LogP) is 1.82. The molecule has 5 N–H and O–H groups in total. The Kier molecular flexibility index (Phi) is 7.95. The fraction of sp³-hybridized carbons (Fsp3) is 0.391. The van der Waals surface area contributed by atoms with Crippen LogP contribution in [0.1, 0.15) is 37.5 Å². The van der Waals surface area contributed by atoms with Gasteiger partial charge in [-0.15, -0.1) is 0 Å². The van der Waals surface area contributed by atoms with Crippen molar-refractivity contribution in [3.8, 4) is 5.75 Å². The van der Waals surface area contributed by atoms with E-state index >= 15 is 0 Å². The Morgan fingerprint density at radius 1 is 1.23 bits per heavy atom. The molecule has 1 aromatic carbocycles. The van der Waals surface area contributed by atoms with Gasteiger partial charge in [0.25, 0.3) is 0 Å². The van der Waals surface area contributed by atoms with Crippen LogP contribution in [0.25, 0.3) is 10.9 Å². The molecule has 1 unspecified atom stereocenters. The number of nitrogens with one attached hydrogen (secondary N) is 3. The summed E-state index contributed by atoms with van der Waals surface area (Å²) in [6.07, 6.45) is 4.56. The summed E-state index contributed by atoms with van der Waals surface area (Å²) in [7, 11) is 1.52. The van der Waals surface area contributed by atoms with E-state index in [-0.39, 0.29) is 30.8 Å². The first-order chi connectivity index (χ1) is 17.0. The zero-order valence-corrected chi connectivity index (χ0v) is 19.4. The van der Waals surface area contributed by atoms with Crippen molar-refractivity contribution in [2.24, 2.45) is 5.73 Å². The highest BCUT2D eigenvalue weighted by Gasteiger charge is 2.18. The van der Waals surface area contributed by atoms with Crippen molar-refractivity contribution >= 4 is 40.2 Å². The number of carbonyl (C=O) groups is 2. The molecule has 2 aromatic heterocycles. The molecule has 0 spiro atoms. The van der Waals surface area contributed by atoms with Crippen LogP contribution in [0.3, 0.4) is 0 Å². The number of hydrogen-bond acceptors (Lipinski definition) is 10. The number of carbonyl (C=O) groups excluding carboxylic acids is 2. The molecule has 0 bridgehead atoms. The molecule has 0 radical (unpaired) electrons. The standard InChI is InChI=1S/C23H28N8O4/c1-34-18-11-16-14(10-17(18)29-21(33)5-3-2-4-20(24)32)22(28-13-27-16)31-23-26-7-6-15(30-23)19-12-25-8-9-35-19/h6-7,10-11,13,19,25H,2-5,8-9,12H2,1H3,(H2,24,32)(H,29,33)(H,26,27,28,30,31). The molecule has 12 heteroatoms. The van der Waals surface area contributed by atoms with Crippen molar-refractivity contribution in [2.75, 3.05) is 37.4 Å². The zero-order valence-electron chi connectivity index (χ0n) is 19.4. The topological polar surface area (TPSA) is 166 Å². The van der Waals surface area contributed by atoms with E-state index in [2.05, 4.69) is 35.9 Å². The van der Waals surface area contributed by atoms with E-state index in [1.165, 1.54) is 13.4 Å². The minimum Gasteiger partial charge on any atom is -0.494 e. The van der Waals surface area contributed by atoms with Crippen LogP contribution in [0.5, 0.6) is 5.75 Å². The number of aromatic nitrogens is 4. The Bertz CT molecular complexity index is 1200. The first-order valence-electron chi connectivity index (χ1n) is 11.4. The zero-order chi connectivity index (χ0) is 24.6. The van der Waals surface area contributed by atoms with Crippen molar-refractivity contribution < 1.29 is 19.1 Å². The lowest BCUT2D eigenvalue weighted by atomic mass is 10.1. The Hall–Kier alpha value is -3.90. The quantitative estimate of drug-likeness (QED) is 0.314. The number of methoxy groups -OCH3 is 1. The molecule has 184 valence electrons. The molecule has 1 saturated heterocycles. The number of primary amides is 1. The van der Waals surface area contributed by atoms with E-state index in [9.17, 15) is 9.59 Å². The summed E-state index contributed by atoms with van der Waals surface area (Å²) in [5, 5.41) is 9.96. The van der Waals surface area contributed by atoms with E-state index in [1.54, 1.807) is 18.3 Å². The summed E-state index contributed by atoms with van der Waals surface area (Å²) < 4.78 is 11.2. The summed E-state index contributed by atoms with van der Waals surface area (Å²) in [5.74, 6) is 0.740. The smallest absolute Gasteiger partial charge is 0.228 e. The summed E-state index contributed by atoms with van der Waals surface area (Å²) in [6, 6.07) is 5.29. The van der Waals surface area contributed by atoms with Crippen molar-refractivity contribution in [3.05, 3.63) is 36.4 Å². The van der Waals surface area contributed by atoms with Gasteiger partial charge in [0.2, 0.25) is 17.8 Å². The number of rotatable bonds is 10. The third-order valence-corrected chi connectivity index (χ3v) is 5.47. The second kappa shape index (κ2) is 11.5. The molecule has 0 aliphatic carbocycles. The summed E-state index contributed by atoms with van der Waals surface area (Å²) in [6.45, 7) is 2.11. The third-order valence-electron chi connectivity index (χ3n) is 5.47. The van der Waals surface area contributed by atoms with Crippen molar-refractivity contribution in [1.29, 1.82) is 0 Å². The molecular weight excluding hydrogens is 452 g/mol. The van der Waals surface area contributed by atoms with Gasteiger partial charge < -0.3 is 31.2 Å². The maximum absolute atomic E-state index is 12.5. The number of benzene rings is 1. The van der Waals surface area contributed by atoms with Crippen LogP contribution in [0.4, 0.5) is 17.5 Å². The van der Waals surface area contributed by atoms with Gasteiger partial charge in [-0.05, 0) is 25.0 Å². The van der Waals surface area contributed by atoms with Gasteiger partial charge in [-0.1, -0.05) is 0 Å². The highest BCUT2D eigenvalue weighted by Crippen LogP contribution is 2.33. The second-order valence-electron chi connectivity index (χ2n) is 8.01. The monoisotopic (exact) mass is 480 g/mol. The number of anilines is 3. The first kappa shape index (κ1) is 24.2. The van der Waals surface area contributed by atoms with Gasteiger partial charge in [0, 0.05) is 43.6 Å². The maximum Gasteiger partial charge on any atom is 0.228 e. The largest absolute Gasteiger partial charge is 0.494 e. The Morgan fingerprint density at radius 2 is 2.09 bits per heavy atom. The lowest BCUT2D eigenvalue weighted by Crippen LogP contribution is -2.33. The molecule has 1 atom stereocenters. The average molecular weight is 481 g/mol. The molecule has 3 heterocycles. The fourth-order valence-electron chi connectivity index (χ4n) is 3.72. The van der Waals surface area contributed by atoms with Crippen LogP contribution in [0, 0.1) is 0 Å². The molecule has 1 fully saturated rings. The minimum atomic E-state index is -0.376. The number of nitrogens with two attached hydrogens (primary N) is 1. The highest BCUT2D eigenvalue weighted by molar-refractivity contribution is 5.99. The van der Waals surface area contributed by atoms with Gasteiger partial charge in [-0.25, -0.2) is 19.9 Å². The van der Waals surface area contributed by atoms with Gasteiger partial charge >= 0.3 is 0 Å². The van der Waals surface area contributed by atoms with Crippen LogP contribution in [0.2, 0.25) is 0 Å². The van der Waals surface area contributed by atoms with E-state index in [0.717, 1.165) is 12.2 Å². The number of fused-ring (bicyclic) bond motifs is 1. The molecule has 2 amide bonds. The molecule has 3 aromatic rings. The average Bonchev–Trinajstić information content (AvgIpc) is 2.87. The fourth-order valence-corrected chi connectivity index (χ4v) is 3.72. The number of ether oxygens (including phenoxy) is 2. The molecule has 12 nitrogen and oxygen atoms in total. The first-order valence-corrected chi connectivity index (χ1v) is 11.4. The van der Waals surface area contributed by atoms with Gasteiger partial charge in [0.05, 0.1) is 30.6 Å². The summed E-state index contributed by atoms with van der Waals surface area (Å²) in [5.41, 5.74) is 7.01. The Labute approximate surface area is 202 Å². The molecule has 1 aliphatic rings. The van der Waals surface area contributed by atoms with Crippen molar-refractivity contribution in [2.45, 2.75) is 31.8 Å². The number of nitrogens with zero attached hydrogens (tertiary/aromatic N) is 4. The van der Waals surface area contributed by atoms with Crippen LogP contribution < -0.4 is 26.4 Å². The molecule has 0 saturated carbocycles. The number of amides is 2. The van der Waals surface area contributed by atoms with Gasteiger partial charge in [-0.2, -0.15) is 0 Å². The lowest BCUT2D eigenvalue weighted by Gasteiger charge is -2.23. The van der Waals surface area contributed by atoms with E-state index in [0.29, 0.717) is 60.1 Å². The Balaban J connectivity index is 1.54. The summed E-state index contributed by atoms with van der Waals surface area (Å²) >= 11 is 0. The van der Waals surface area contributed by atoms with Gasteiger partial charge in [0.1, 0.15) is 24.0 Å². The molecular formula is C23H28N8O4. The number of morpholine rings is 1. The van der Waals surface area contributed by atoms with Gasteiger partial charge in [0.15, 0.2) is 0 Å². The highest BCUT2D eigenvalue weighted by atomic mass is 16.5. The van der Waals surface area contributed by atoms with E-state index in [4.69, 9.17) is 15.2 Å². The third kappa shape index (κ3) is 6.37. The SMILES string of the molecule is COc1cc2ncnc(Nc3nccc(C4CNCCO4)n3)c2cc1NC(=O)CCCCC(N)=O. The number of hydrogen-bond donors (Lipinski definition) is 4. The molecule has 1 aliphatic heterocycles. The second-order valence-corrected chi connectivity index (χ2v) is 8.01. The van der Waals surface area contributed by atoms with Crippen LogP contribution in [0.15, 0.2) is 30.7 Å². The maximum atomic E-state index is 12.5. The van der Waals surface area contributed by atoms with E-state index < -0.39 is 0 Å². The van der Waals surface area contributed by atoms with Crippen molar-refractivity contribution in [1.82, 2.24) is 25.3 Å². The summed E-state index contributed by atoms with van der Waals surface area (Å²) in [4.78, 5) is 40.9. The number of unbranched alkanes of at least 4 members (excludes halogenated alkanes) is 1. The Morgan fingerprint density at radius 3 is 2.86 bits per heavy atom. The predicted molar refractivity (Wildman–Crippen MR) is 129 cm³/mol. The normalized spacial score (nSPS) is 15.5. The molecule has 4 rings (SSSR count). The molecule has 35 heavy (non-hydrogen) atoms. The van der Waals surface area contributed by atoms with Crippen LogP contribution in [-0.4, -0.2) is 58.6 Å². The van der Waals surface area contributed by atoms with Gasteiger partial charge in [-0.3, -0.25) is 9.59 Å². The van der Waals surface area contributed by atoms with Crippen molar-refractivity contribution in [3.63, 3.8) is 0 Å². The minimum absolute atomic E-state index is 0.150.